The Morgan fingerprint density at radius 2 is 2.14 bits per heavy atom. The van der Waals surface area contributed by atoms with Gasteiger partial charge in [0.1, 0.15) is 0 Å². The van der Waals surface area contributed by atoms with E-state index >= 15 is 0 Å². The van der Waals surface area contributed by atoms with Crippen LogP contribution in [0.15, 0.2) is 0 Å². The average Bonchev–Trinajstić information content (AvgIpc) is 2.88. The number of aromatic nitrogens is 1. The summed E-state index contributed by atoms with van der Waals surface area (Å²) in [4.78, 5) is 8.80. The highest BCUT2D eigenvalue weighted by atomic mass is 32.1. The SMILES string of the molecule is CCCc1nc(N2CCC(C)CC2)sc1CNCCOC. The van der Waals surface area contributed by atoms with Gasteiger partial charge in [0, 0.05) is 38.2 Å². The standard InChI is InChI=1S/C16H29N3OS/c1-4-5-14-15(12-17-8-11-20-3)21-16(18-14)19-9-6-13(2)7-10-19/h13,17H,4-12H2,1-3H3. The van der Waals surface area contributed by atoms with E-state index in [1.807, 2.05) is 11.3 Å². The molecule has 1 aromatic rings. The zero-order valence-corrected chi connectivity index (χ0v) is 14.5. The molecule has 120 valence electrons. The number of hydrogen-bond acceptors (Lipinski definition) is 5. The molecule has 2 heterocycles. The molecule has 0 saturated carbocycles. The normalized spacial score (nSPS) is 16.6. The van der Waals surface area contributed by atoms with Crippen LogP contribution < -0.4 is 10.2 Å². The van der Waals surface area contributed by atoms with Crippen molar-refractivity contribution in [2.75, 3.05) is 38.3 Å². The second-order valence-electron chi connectivity index (χ2n) is 5.96. The zero-order valence-electron chi connectivity index (χ0n) is 13.7. The van der Waals surface area contributed by atoms with E-state index in [4.69, 9.17) is 9.72 Å². The van der Waals surface area contributed by atoms with Crippen LogP contribution in [0.25, 0.3) is 0 Å². The number of thiazole rings is 1. The first-order valence-electron chi connectivity index (χ1n) is 8.17. The van der Waals surface area contributed by atoms with E-state index in [0.29, 0.717) is 0 Å². The van der Waals surface area contributed by atoms with E-state index in [9.17, 15) is 0 Å². The lowest BCUT2D eigenvalue weighted by atomic mass is 10.00. The molecule has 0 radical (unpaired) electrons. The van der Waals surface area contributed by atoms with E-state index in [-0.39, 0.29) is 0 Å². The van der Waals surface area contributed by atoms with Gasteiger partial charge < -0.3 is 15.0 Å². The number of nitrogens with zero attached hydrogens (tertiary/aromatic N) is 2. The highest BCUT2D eigenvalue weighted by Gasteiger charge is 2.20. The predicted molar refractivity (Wildman–Crippen MR) is 90.3 cm³/mol. The highest BCUT2D eigenvalue weighted by Crippen LogP contribution is 2.30. The molecule has 4 nitrogen and oxygen atoms in total. The molecule has 1 aliphatic heterocycles. The topological polar surface area (TPSA) is 37.4 Å². The molecule has 2 rings (SSSR count). The van der Waals surface area contributed by atoms with Crippen LogP contribution in [0.1, 0.15) is 43.7 Å². The number of methoxy groups -OCH3 is 1. The van der Waals surface area contributed by atoms with Gasteiger partial charge in [0.15, 0.2) is 5.13 Å². The van der Waals surface area contributed by atoms with Gasteiger partial charge >= 0.3 is 0 Å². The Balaban J connectivity index is 1.98. The third kappa shape index (κ3) is 4.94. The largest absolute Gasteiger partial charge is 0.383 e. The molecule has 21 heavy (non-hydrogen) atoms. The van der Waals surface area contributed by atoms with Crippen molar-refractivity contribution in [3.8, 4) is 0 Å². The van der Waals surface area contributed by atoms with Crippen molar-refractivity contribution in [3.05, 3.63) is 10.6 Å². The fourth-order valence-electron chi connectivity index (χ4n) is 2.65. The maximum absolute atomic E-state index is 5.08. The number of aryl methyl sites for hydroxylation is 1. The Bertz CT molecular complexity index is 414. The maximum atomic E-state index is 5.08. The molecule has 1 fully saturated rings. The van der Waals surface area contributed by atoms with Crippen molar-refractivity contribution < 1.29 is 4.74 Å². The summed E-state index contributed by atoms with van der Waals surface area (Å²) in [5.41, 5.74) is 1.29. The van der Waals surface area contributed by atoms with E-state index in [1.54, 1.807) is 7.11 Å². The van der Waals surface area contributed by atoms with E-state index < -0.39 is 0 Å². The van der Waals surface area contributed by atoms with Crippen LogP contribution in [0.4, 0.5) is 5.13 Å². The van der Waals surface area contributed by atoms with Crippen molar-refractivity contribution in [1.29, 1.82) is 0 Å². The molecule has 0 unspecified atom stereocenters. The minimum atomic E-state index is 0.763. The second-order valence-corrected chi connectivity index (χ2v) is 7.02. The first-order valence-corrected chi connectivity index (χ1v) is 8.99. The van der Waals surface area contributed by atoms with Gasteiger partial charge in [-0.3, -0.25) is 0 Å². The number of piperidine rings is 1. The quantitative estimate of drug-likeness (QED) is 0.749. The first-order chi connectivity index (χ1) is 10.2. The average molecular weight is 311 g/mol. The molecule has 1 aliphatic rings. The molecule has 1 aromatic heterocycles. The monoisotopic (exact) mass is 311 g/mol. The molecule has 0 bridgehead atoms. The van der Waals surface area contributed by atoms with Gasteiger partial charge in [0.05, 0.1) is 12.3 Å². The van der Waals surface area contributed by atoms with Gasteiger partial charge in [-0.2, -0.15) is 0 Å². The molecular formula is C16H29N3OS. The molecule has 1 N–H and O–H groups in total. The highest BCUT2D eigenvalue weighted by molar-refractivity contribution is 7.15. The Morgan fingerprint density at radius 3 is 2.81 bits per heavy atom. The Labute approximate surface area is 132 Å². The Kier molecular flexibility index (Phi) is 6.93. The van der Waals surface area contributed by atoms with E-state index in [1.165, 1.54) is 28.5 Å². The predicted octanol–water partition coefficient (Wildman–Crippen LogP) is 3.07. The lowest BCUT2D eigenvalue weighted by Gasteiger charge is -2.29. The number of ether oxygens (including phenoxy) is 1. The lowest BCUT2D eigenvalue weighted by molar-refractivity contribution is 0.199. The third-order valence-electron chi connectivity index (χ3n) is 4.08. The van der Waals surface area contributed by atoms with Crippen molar-refractivity contribution >= 4 is 16.5 Å². The number of hydrogen-bond donors (Lipinski definition) is 1. The smallest absolute Gasteiger partial charge is 0.185 e. The minimum absolute atomic E-state index is 0.763. The Morgan fingerprint density at radius 1 is 1.38 bits per heavy atom. The molecule has 0 spiro atoms. The van der Waals surface area contributed by atoms with Crippen LogP contribution >= 0.6 is 11.3 Å². The van der Waals surface area contributed by atoms with Gasteiger partial charge in [0.25, 0.3) is 0 Å². The van der Waals surface area contributed by atoms with Crippen LogP contribution in [-0.4, -0.2) is 38.3 Å². The first kappa shape index (κ1) is 16.7. The molecule has 0 aliphatic carbocycles. The zero-order chi connectivity index (χ0) is 15.1. The van der Waals surface area contributed by atoms with Crippen LogP contribution in [0.2, 0.25) is 0 Å². The summed E-state index contributed by atoms with van der Waals surface area (Å²) in [6.07, 6.45) is 4.83. The van der Waals surface area contributed by atoms with Crippen LogP contribution in [0, 0.1) is 5.92 Å². The summed E-state index contributed by atoms with van der Waals surface area (Å²) in [7, 11) is 1.74. The Hall–Kier alpha value is -0.650. The third-order valence-corrected chi connectivity index (χ3v) is 5.23. The lowest BCUT2D eigenvalue weighted by Crippen LogP contribution is -2.32. The maximum Gasteiger partial charge on any atom is 0.185 e. The van der Waals surface area contributed by atoms with Gasteiger partial charge in [-0.15, -0.1) is 11.3 Å². The van der Waals surface area contributed by atoms with Crippen molar-refractivity contribution in [2.24, 2.45) is 5.92 Å². The number of rotatable bonds is 8. The van der Waals surface area contributed by atoms with Crippen LogP contribution in [0.3, 0.4) is 0 Å². The minimum Gasteiger partial charge on any atom is -0.383 e. The van der Waals surface area contributed by atoms with Crippen LogP contribution in [0.5, 0.6) is 0 Å². The molecule has 5 heteroatoms. The molecule has 0 aromatic carbocycles. The molecular weight excluding hydrogens is 282 g/mol. The summed E-state index contributed by atoms with van der Waals surface area (Å²) in [6.45, 7) is 9.49. The van der Waals surface area contributed by atoms with Gasteiger partial charge in [0.2, 0.25) is 0 Å². The summed E-state index contributed by atoms with van der Waals surface area (Å²) < 4.78 is 5.08. The second kappa shape index (κ2) is 8.71. The number of nitrogens with one attached hydrogen (secondary N) is 1. The van der Waals surface area contributed by atoms with Crippen molar-refractivity contribution in [1.82, 2.24) is 10.3 Å². The van der Waals surface area contributed by atoms with Crippen molar-refractivity contribution in [2.45, 2.75) is 46.1 Å². The molecule has 1 saturated heterocycles. The summed E-state index contributed by atoms with van der Waals surface area (Å²) in [6, 6.07) is 0. The van der Waals surface area contributed by atoms with E-state index in [2.05, 4.69) is 24.1 Å². The van der Waals surface area contributed by atoms with Crippen LogP contribution in [-0.2, 0) is 17.7 Å². The number of anilines is 1. The van der Waals surface area contributed by atoms with Gasteiger partial charge in [-0.1, -0.05) is 20.3 Å². The summed E-state index contributed by atoms with van der Waals surface area (Å²) in [5, 5.41) is 4.68. The van der Waals surface area contributed by atoms with E-state index in [0.717, 1.165) is 51.5 Å². The fourth-order valence-corrected chi connectivity index (χ4v) is 3.78. The molecule has 0 atom stereocenters. The van der Waals surface area contributed by atoms with Crippen molar-refractivity contribution in [3.63, 3.8) is 0 Å². The fraction of sp³-hybridized carbons (Fsp3) is 0.812. The van der Waals surface area contributed by atoms with Gasteiger partial charge in [-0.25, -0.2) is 4.98 Å². The summed E-state index contributed by atoms with van der Waals surface area (Å²) >= 11 is 1.88. The van der Waals surface area contributed by atoms with Gasteiger partial charge in [-0.05, 0) is 25.2 Å². The summed E-state index contributed by atoms with van der Waals surface area (Å²) in [5.74, 6) is 0.867. The molecule has 0 amide bonds.